The van der Waals surface area contributed by atoms with Gasteiger partial charge in [-0.2, -0.15) is 0 Å². The Hall–Kier alpha value is -2.60. The van der Waals surface area contributed by atoms with Gasteiger partial charge in [0.05, 0.1) is 29.6 Å². The molecule has 27 heavy (non-hydrogen) atoms. The summed E-state index contributed by atoms with van der Waals surface area (Å²) in [5, 5.41) is 0. The number of ether oxygens (including phenoxy) is 2. The smallest absolute Gasteiger partial charge is 0.333 e. The van der Waals surface area contributed by atoms with Crippen LogP contribution in [0.25, 0.3) is 0 Å². The first-order chi connectivity index (χ1) is 13.0. The fourth-order valence-electron chi connectivity index (χ4n) is 2.57. The van der Waals surface area contributed by atoms with Crippen LogP contribution in [-0.4, -0.2) is 26.7 Å². The molecule has 0 saturated carbocycles. The summed E-state index contributed by atoms with van der Waals surface area (Å²) in [4.78, 5) is 11.7. The maximum Gasteiger partial charge on any atom is 0.333 e. The molecular weight excluding hydrogens is 364 g/mol. The minimum atomic E-state index is -3.33. The second-order valence-electron chi connectivity index (χ2n) is 5.86. The van der Waals surface area contributed by atoms with Gasteiger partial charge in [0.2, 0.25) is 0 Å². The van der Waals surface area contributed by atoms with E-state index in [2.05, 4.69) is 0 Å². The average Bonchev–Trinajstić information content (AvgIpc) is 2.68. The molecule has 2 aromatic rings. The molecule has 0 amide bonds. The first-order valence-corrected chi connectivity index (χ1v) is 10.5. The van der Waals surface area contributed by atoms with Gasteiger partial charge in [-0.15, -0.1) is 0 Å². The second kappa shape index (κ2) is 10.5. The number of rotatable bonds is 10. The quantitative estimate of drug-likeness (QED) is 0.348. The lowest BCUT2D eigenvalue weighted by atomic mass is 10.1. The van der Waals surface area contributed by atoms with E-state index in [0.717, 1.165) is 5.56 Å². The maximum atomic E-state index is 12.4. The van der Waals surface area contributed by atoms with Crippen molar-refractivity contribution in [2.45, 2.75) is 30.8 Å². The molecule has 0 aliphatic rings. The lowest BCUT2D eigenvalue weighted by Gasteiger charge is -2.17. The Morgan fingerprint density at radius 1 is 1.04 bits per heavy atom. The van der Waals surface area contributed by atoms with Crippen molar-refractivity contribution in [3.63, 3.8) is 0 Å². The minimum Gasteiger partial charge on any atom is -0.493 e. The number of carbonyl (C=O) groups excluding carboxylic acids is 1. The van der Waals surface area contributed by atoms with Gasteiger partial charge in [0.1, 0.15) is 6.10 Å². The van der Waals surface area contributed by atoms with Gasteiger partial charge in [-0.3, -0.25) is 0 Å². The van der Waals surface area contributed by atoms with E-state index in [9.17, 15) is 13.2 Å². The van der Waals surface area contributed by atoms with E-state index in [1.54, 1.807) is 37.3 Å². The van der Waals surface area contributed by atoms with E-state index in [0.29, 0.717) is 24.3 Å². The number of sulfone groups is 1. The Balaban J connectivity index is 1.99. The van der Waals surface area contributed by atoms with Crippen molar-refractivity contribution in [3.8, 4) is 0 Å². The summed E-state index contributed by atoms with van der Waals surface area (Å²) in [5.74, 6) is -0.443. The largest absolute Gasteiger partial charge is 0.493 e. The molecule has 2 aromatic carbocycles. The summed E-state index contributed by atoms with van der Waals surface area (Å²) >= 11 is 0. The molecule has 0 fully saturated rings. The number of esters is 1. The first kappa shape index (κ1) is 20.7. The van der Waals surface area contributed by atoms with E-state index >= 15 is 0 Å². The maximum absolute atomic E-state index is 12.4. The van der Waals surface area contributed by atoms with Crippen LogP contribution in [0.1, 0.15) is 31.4 Å². The molecule has 0 heterocycles. The van der Waals surface area contributed by atoms with Crippen molar-refractivity contribution in [3.05, 3.63) is 78.6 Å². The summed E-state index contributed by atoms with van der Waals surface area (Å²) in [7, 11) is -3.33. The predicted molar refractivity (Wildman–Crippen MR) is 104 cm³/mol. The number of carbonyl (C=O) groups is 1. The van der Waals surface area contributed by atoms with Crippen molar-refractivity contribution in [2.75, 3.05) is 12.4 Å². The molecule has 0 radical (unpaired) electrons. The molecule has 0 spiro atoms. The van der Waals surface area contributed by atoms with Crippen LogP contribution in [-0.2, 0) is 24.1 Å². The monoisotopic (exact) mass is 388 g/mol. The Labute approximate surface area is 160 Å². The van der Waals surface area contributed by atoms with E-state index in [-0.39, 0.29) is 11.9 Å². The van der Waals surface area contributed by atoms with Crippen LogP contribution in [0.15, 0.2) is 77.9 Å². The minimum absolute atomic E-state index is 0.0330. The molecule has 6 heteroatoms. The van der Waals surface area contributed by atoms with E-state index in [4.69, 9.17) is 9.47 Å². The van der Waals surface area contributed by atoms with E-state index < -0.39 is 15.8 Å². The third-order valence-electron chi connectivity index (χ3n) is 3.89. The van der Waals surface area contributed by atoms with Gasteiger partial charge in [-0.25, -0.2) is 13.2 Å². The highest BCUT2D eigenvalue weighted by atomic mass is 32.2. The topological polar surface area (TPSA) is 69.7 Å². The van der Waals surface area contributed by atoms with Gasteiger partial charge in [-0.05, 0) is 37.5 Å². The summed E-state index contributed by atoms with van der Waals surface area (Å²) < 4.78 is 35.3. The fraction of sp³-hybridized carbons (Fsp3) is 0.286. The summed E-state index contributed by atoms with van der Waals surface area (Å²) in [5.41, 5.74) is 0.920. The Morgan fingerprint density at radius 3 is 2.30 bits per heavy atom. The fourth-order valence-corrected chi connectivity index (χ4v) is 3.92. The summed E-state index contributed by atoms with van der Waals surface area (Å²) in [6.07, 6.45) is 3.12. The van der Waals surface area contributed by atoms with Crippen LogP contribution in [0, 0.1) is 0 Å². The third kappa shape index (κ3) is 6.90. The molecule has 0 aliphatic heterocycles. The molecule has 0 saturated heterocycles. The highest BCUT2D eigenvalue weighted by molar-refractivity contribution is 7.91. The Kier molecular flexibility index (Phi) is 8.07. The molecule has 0 aromatic heterocycles. The van der Waals surface area contributed by atoms with Crippen molar-refractivity contribution in [1.29, 1.82) is 0 Å². The van der Waals surface area contributed by atoms with Crippen LogP contribution in [0.5, 0.6) is 0 Å². The molecule has 144 valence electrons. The van der Waals surface area contributed by atoms with Crippen molar-refractivity contribution in [1.82, 2.24) is 0 Å². The van der Waals surface area contributed by atoms with Gasteiger partial charge >= 0.3 is 5.97 Å². The Morgan fingerprint density at radius 2 is 1.67 bits per heavy atom. The van der Waals surface area contributed by atoms with Crippen molar-refractivity contribution in [2.24, 2.45) is 0 Å². The average molecular weight is 388 g/mol. The Bertz CT molecular complexity index is 829. The highest BCUT2D eigenvalue weighted by Gasteiger charge is 2.17. The molecular formula is C21H24O5S. The standard InChI is InChI=1S/C21H24O5S/c1-2-25-21(22)15-16-26-20(18-10-5-3-6-11-18)14-9-17-27(23,24)19-12-7-4-8-13-19/h3-8,10-13,15-16,20H,2,9,14,17H2,1H3/b16-15+. The summed E-state index contributed by atoms with van der Waals surface area (Å²) in [6, 6.07) is 17.9. The third-order valence-corrected chi connectivity index (χ3v) is 5.70. The normalized spacial score (nSPS) is 12.6. The zero-order valence-corrected chi connectivity index (χ0v) is 16.1. The molecule has 1 atom stereocenters. The van der Waals surface area contributed by atoms with Crippen molar-refractivity contribution >= 4 is 15.8 Å². The van der Waals surface area contributed by atoms with Crippen LogP contribution in [0.2, 0.25) is 0 Å². The van der Waals surface area contributed by atoms with Crippen LogP contribution < -0.4 is 0 Å². The van der Waals surface area contributed by atoms with Gasteiger partial charge in [0.15, 0.2) is 9.84 Å². The number of hydrogen-bond acceptors (Lipinski definition) is 5. The van der Waals surface area contributed by atoms with Crippen molar-refractivity contribution < 1.29 is 22.7 Å². The van der Waals surface area contributed by atoms with E-state index in [1.807, 2.05) is 30.3 Å². The number of hydrogen-bond donors (Lipinski definition) is 0. The number of benzene rings is 2. The molecule has 0 aliphatic carbocycles. The lowest BCUT2D eigenvalue weighted by molar-refractivity contribution is -0.137. The zero-order chi connectivity index (χ0) is 19.5. The second-order valence-corrected chi connectivity index (χ2v) is 7.97. The zero-order valence-electron chi connectivity index (χ0n) is 15.3. The predicted octanol–water partition coefficient (Wildman–Crippen LogP) is 4.08. The van der Waals surface area contributed by atoms with E-state index in [1.165, 1.54) is 12.3 Å². The molecule has 1 unspecified atom stereocenters. The van der Waals surface area contributed by atoms with Crippen LogP contribution in [0.3, 0.4) is 0 Å². The van der Waals surface area contributed by atoms with Crippen LogP contribution in [0.4, 0.5) is 0 Å². The SMILES string of the molecule is CCOC(=O)/C=C/OC(CCCS(=O)(=O)c1ccccc1)c1ccccc1. The highest BCUT2D eigenvalue weighted by Crippen LogP contribution is 2.24. The summed E-state index contributed by atoms with van der Waals surface area (Å²) in [6.45, 7) is 2.02. The van der Waals surface area contributed by atoms with Gasteiger partial charge < -0.3 is 9.47 Å². The molecule has 0 N–H and O–H groups in total. The van der Waals surface area contributed by atoms with Gasteiger partial charge in [-0.1, -0.05) is 48.5 Å². The molecule has 5 nitrogen and oxygen atoms in total. The lowest BCUT2D eigenvalue weighted by Crippen LogP contribution is -2.09. The first-order valence-electron chi connectivity index (χ1n) is 8.84. The van der Waals surface area contributed by atoms with Gasteiger partial charge in [0.25, 0.3) is 0 Å². The van der Waals surface area contributed by atoms with Crippen LogP contribution >= 0.6 is 0 Å². The van der Waals surface area contributed by atoms with Gasteiger partial charge in [0, 0.05) is 0 Å². The molecule has 2 rings (SSSR count). The molecule has 0 bridgehead atoms.